The number of anilines is 2. The van der Waals surface area contributed by atoms with Crippen LogP contribution in [0.15, 0.2) is 42.6 Å². The molecule has 2 rings (SSSR count). The summed E-state index contributed by atoms with van der Waals surface area (Å²) >= 11 is 0. The number of aromatic nitrogens is 1. The van der Waals surface area contributed by atoms with Crippen LogP contribution in [0.3, 0.4) is 0 Å². The third kappa shape index (κ3) is 5.90. The van der Waals surface area contributed by atoms with Gasteiger partial charge in [0.25, 0.3) is 11.8 Å². The van der Waals surface area contributed by atoms with Gasteiger partial charge >= 0.3 is 0 Å². The number of benzene rings is 1. The van der Waals surface area contributed by atoms with Gasteiger partial charge in [0.15, 0.2) is 0 Å². The molecule has 7 heteroatoms. The van der Waals surface area contributed by atoms with Crippen molar-refractivity contribution in [3.05, 3.63) is 53.9 Å². The highest BCUT2D eigenvalue weighted by Crippen LogP contribution is 2.16. The lowest BCUT2D eigenvalue weighted by molar-refractivity contribution is -0.114. The van der Waals surface area contributed by atoms with Gasteiger partial charge in [0, 0.05) is 43.1 Å². The number of carbonyl (C=O) groups is 3. The summed E-state index contributed by atoms with van der Waals surface area (Å²) in [5, 5.41) is 5.44. The average molecular weight is 382 g/mol. The highest BCUT2D eigenvalue weighted by Gasteiger charge is 2.17. The molecule has 0 aliphatic heterocycles. The van der Waals surface area contributed by atoms with Crippen LogP contribution in [0.2, 0.25) is 0 Å². The van der Waals surface area contributed by atoms with E-state index in [1.165, 1.54) is 19.2 Å². The second kappa shape index (κ2) is 10.2. The monoisotopic (exact) mass is 382 g/mol. The molecule has 1 aromatic heterocycles. The lowest BCUT2D eigenvalue weighted by Gasteiger charge is -2.21. The molecule has 148 valence electrons. The third-order valence-corrected chi connectivity index (χ3v) is 3.96. The highest BCUT2D eigenvalue weighted by molar-refractivity contribution is 6.06. The molecular formula is C21H26N4O3. The fraction of sp³-hybridized carbons (Fsp3) is 0.333. The fourth-order valence-corrected chi connectivity index (χ4v) is 2.79. The minimum Gasteiger partial charge on any atom is -0.337 e. The predicted octanol–water partition coefficient (Wildman–Crippen LogP) is 3.55. The smallest absolute Gasteiger partial charge is 0.272 e. The van der Waals surface area contributed by atoms with E-state index in [1.807, 2.05) is 13.8 Å². The summed E-state index contributed by atoms with van der Waals surface area (Å²) in [7, 11) is 0. The maximum absolute atomic E-state index is 12.7. The van der Waals surface area contributed by atoms with Gasteiger partial charge in [0.1, 0.15) is 5.69 Å². The molecule has 0 radical (unpaired) electrons. The molecule has 0 fully saturated rings. The number of hydrogen-bond donors (Lipinski definition) is 2. The molecule has 1 heterocycles. The zero-order valence-electron chi connectivity index (χ0n) is 16.5. The molecular weight excluding hydrogens is 356 g/mol. The van der Waals surface area contributed by atoms with Gasteiger partial charge in [0.2, 0.25) is 5.91 Å². The topological polar surface area (TPSA) is 91.4 Å². The zero-order chi connectivity index (χ0) is 20.5. The first kappa shape index (κ1) is 21.1. The predicted molar refractivity (Wildman–Crippen MR) is 109 cm³/mol. The van der Waals surface area contributed by atoms with Crippen LogP contribution >= 0.6 is 0 Å². The normalized spacial score (nSPS) is 10.2. The van der Waals surface area contributed by atoms with Crippen molar-refractivity contribution in [1.29, 1.82) is 0 Å². The molecule has 0 unspecified atom stereocenters. The van der Waals surface area contributed by atoms with E-state index in [4.69, 9.17) is 0 Å². The second-order valence-corrected chi connectivity index (χ2v) is 6.44. The van der Waals surface area contributed by atoms with Gasteiger partial charge in [-0.3, -0.25) is 19.4 Å². The van der Waals surface area contributed by atoms with Crippen molar-refractivity contribution in [2.45, 2.75) is 33.6 Å². The molecule has 0 saturated carbocycles. The van der Waals surface area contributed by atoms with Gasteiger partial charge < -0.3 is 15.5 Å². The Labute approximate surface area is 165 Å². The van der Waals surface area contributed by atoms with Crippen molar-refractivity contribution in [2.24, 2.45) is 0 Å². The van der Waals surface area contributed by atoms with Crippen LogP contribution in [0.4, 0.5) is 11.4 Å². The quantitative estimate of drug-likeness (QED) is 0.730. The van der Waals surface area contributed by atoms with Crippen LogP contribution in [-0.2, 0) is 4.79 Å². The van der Waals surface area contributed by atoms with Crippen LogP contribution in [0.25, 0.3) is 0 Å². The number of nitrogens with zero attached hydrogens (tertiary/aromatic N) is 2. The third-order valence-electron chi connectivity index (χ3n) is 3.96. The first-order valence-electron chi connectivity index (χ1n) is 9.39. The Hall–Kier alpha value is -3.22. The lowest BCUT2D eigenvalue weighted by Crippen LogP contribution is -2.33. The summed E-state index contributed by atoms with van der Waals surface area (Å²) in [4.78, 5) is 42.4. The minimum atomic E-state index is -0.353. The Kier molecular flexibility index (Phi) is 7.68. The standard InChI is InChI=1S/C21H26N4O3/c1-4-11-25(12-5-2)21(28)19-13-16(9-10-22-19)20(27)24-18-8-6-7-17(14-18)23-15(3)26/h6-10,13-14H,4-5,11-12H2,1-3H3,(H,23,26)(H,24,27). The van der Waals surface area contributed by atoms with Crippen molar-refractivity contribution in [3.63, 3.8) is 0 Å². The van der Waals surface area contributed by atoms with Gasteiger partial charge in [0.05, 0.1) is 0 Å². The molecule has 3 amide bonds. The molecule has 0 atom stereocenters. The summed E-state index contributed by atoms with van der Waals surface area (Å²) < 4.78 is 0. The number of rotatable bonds is 8. The first-order valence-corrected chi connectivity index (χ1v) is 9.39. The molecule has 28 heavy (non-hydrogen) atoms. The van der Waals surface area contributed by atoms with Crippen molar-refractivity contribution in [3.8, 4) is 0 Å². The van der Waals surface area contributed by atoms with Gasteiger partial charge in [-0.15, -0.1) is 0 Å². The number of pyridine rings is 1. The largest absolute Gasteiger partial charge is 0.337 e. The minimum absolute atomic E-state index is 0.175. The lowest BCUT2D eigenvalue weighted by atomic mass is 10.2. The summed E-state index contributed by atoms with van der Waals surface area (Å²) in [6.07, 6.45) is 3.18. The summed E-state index contributed by atoms with van der Waals surface area (Å²) in [6.45, 7) is 6.76. The van der Waals surface area contributed by atoms with E-state index in [1.54, 1.807) is 35.2 Å². The summed E-state index contributed by atoms with van der Waals surface area (Å²) in [5.74, 6) is -0.718. The maximum Gasteiger partial charge on any atom is 0.272 e. The van der Waals surface area contributed by atoms with Crippen LogP contribution in [0, 0.1) is 0 Å². The zero-order valence-corrected chi connectivity index (χ0v) is 16.5. The van der Waals surface area contributed by atoms with Crippen molar-refractivity contribution in [1.82, 2.24) is 9.88 Å². The van der Waals surface area contributed by atoms with Crippen molar-refractivity contribution < 1.29 is 14.4 Å². The summed E-state index contributed by atoms with van der Waals surface area (Å²) in [5.41, 5.74) is 1.72. The van der Waals surface area contributed by atoms with Crippen LogP contribution < -0.4 is 10.6 Å². The van der Waals surface area contributed by atoms with Gasteiger partial charge in [-0.2, -0.15) is 0 Å². The molecule has 0 aliphatic carbocycles. The van der Waals surface area contributed by atoms with Gasteiger partial charge in [-0.1, -0.05) is 19.9 Å². The molecule has 0 bridgehead atoms. The Morgan fingerprint density at radius 2 is 1.61 bits per heavy atom. The Morgan fingerprint density at radius 3 is 2.21 bits per heavy atom. The number of carbonyl (C=O) groups excluding carboxylic acids is 3. The fourth-order valence-electron chi connectivity index (χ4n) is 2.79. The van der Waals surface area contributed by atoms with Crippen LogP contribution in [-0.4, -0.2) is 40.7 Å². The number of amides is 3. The first-order chi connectivity index (χ1) is 13.4. The molecule has 0 spiro atoms. The Bertz CT molecular complexity index is 845. The maximum atomic E-state index is 12.7. The van der Waals surface area contributed by atoms with Crippen molar-refractivity contribution in [2.75, 3.05) is 23.7 Å². The molecule has 2 N–H and O–H groups in total. The number of nitrogens with one attached hydrogen (secondary N) is 2. The molecule has 0 saturated heterocycles. The highest BCUT2D eigenvalue weighted by atomic mass is 16.2. The van der Waals surface area contributed by atoms with E-state index in [2.05, 4.69) is 15.6 Å². The van der Waals surface area contributed by atoms with Crippen LogP contribution in [0.1, 0.15) is 54.5 Å². The van der Waals surface area contributed by atoms with E-state index >= 15 is 0 Å². The van der Waals surface area contributed by atoms with Crippen molar-refractivity contribution >= 4 is 29.1 Å². The van der Waals surface area contributed by atoms with Gasteiger partial charge in [-0.25, -0.2) is 0 Å². The second-order valence-electron chi connectivity index (χ2n) is 6.44. The van der Waals surface area contributed by atoms with E-state index in [-0.39, 0.29) is 23.4 Å². The molecule has 0 aliphatic rings. The number of hydrogen-bond acceptors (Lipinski definition) is 4. The molecule has 7 nitrogen and oxygen atoms in total. The Balaban J connectivity index is 2.15. The van der Waals surface area contributed by atoms with E-state index in [9.17, 15) is 14.4 Å². The van der Waals surface area contributed by atoms with E-state index < -0.39 is 0 Å². The molecule has 2 aromatic rings. The van der Waals surface area contributed by atoms with Gasteiger partial charge in [-0.05, 0) is 43.2 Å². The SMILES string of the molecule is CCCN(CCC)C(=O)c1cc(C(=O)Nc2cccc(NC(C)=O)c2)ccn1. The average Bonchev–Trinajstić information content (AvgIpc) is 2.67. The van der Waals surface area contributed by atoms with E-state index in [0.29, 0.717) is 30.0 Å². The summed E-state index contributed by atoms with van der Waals surface area (Å²) in [6, 6.07) is 9.92. The Morgan fingerprint density at radius 1 is 0.964 bits per heavy atom. The van der Waals surface area contributed by atoms with Crippen LogP contribution in [0.5, 0.6) is 0 Å². The van der Waals surface area contributed by atoms with E-state index in [0.717, 1.165) is 12.8 Å². The molecule has 1 aromatic carbocycles.